The molecule has 22 heavy (non-hydrogen) atoms. The second-order valence-corrected chi connectivity index (χ2v) is 5.32. The summed E-state index contributed by atoms with van der Waals surface area (Å²) in [5.41, 5.74) is 3.49. The summed E-state index contributed by atoms with van der Waals surface area (Å²) in [5.74, 6) is 0. The molecule has 6 nitrogen and oxygen atoms in total. The zero-order valence-corrected chi connectivity index (χ0v) is 12.9. The highest BCUT2D eigenvalue weighted by molar-refractivity contribution is 5.90. The van der Waals surface area contributed by atoms with E-state index in [1.165, 1.54) is 0 Å². The molecule has 1 aliphatic heterocycles. The first-order valence-electron chi connectivity index (χ1n) is 7.42. The summed E-state index contributed by atoms with van der Waals surface area (Å²) in [4.78, 5) is 14.1. The van der Waals surface area contributed by atoms with Gasteiger partial charge in [-0.2, -0.15) is 5.10 Å². The number of benzene rings is 1. The predicted molar refractivity (Wildman–Crippen MR) is 84.4 cm³/mol. The Morgan fingerprint density at radius 3 is 2.55 bits per heavy atom. The number of urea groups is 1. The second-order valence-electron chi connectivity index (χ2n) is 5.32. The lowest BCUT2D eigenvalue weighted by molar-refractivity contribution is 0.0564. The lowest BCUT2D eigenvalue weighted by atomic mass is 10.3. The Morgan fingerprint density at radius 1 is 1.18 bits per heavy atom. The molecule has 0 unspecified atom stereocenters. The lowest BCUT2D eigenvalue weighted by Gasteiger charge is -2.26. The third kappa shape index (κ3) is 2.82. The van der Waals surface area contributed by atoms with E-state index in [1.54, 1.807) is 4.90 Å². The van der Waals surface area contributed by atoms with E-state index in [1.807, 2.05) is 48.9 Å². The topological polar surface area (TPSA) is 59.4 Å². The van der Waals surface area contributed by atoms with Gasteiger partial charge in [-0.1, -0.05) is 18.2 Å². The average Bonchev–Trinajstić information content (AvgIpc) is 2.84. The van der Waals surface area contributed by atoms with Gasteiger partial charge in [-0.3, -0.25) is 0 Å². The molecule has 3 rings (SSSR count). The maximum Gasteiger partial charge on any atom is 0.322 e. The lowest BCUT2D eigenvalue weighted by Crippen LogP contribution is -2.43. The Hall–Kier alpha value is -2.34. The number of nitrogens with zero attached hydrogens (tertiary/aromatic N) is 3. The molecule has 1 aromatic heterocycles. The second kappa shape index (κ2) is 6.19. The molecule has 0 aliphatic carbocycles. The SMILES string of the molecule is Cc1nn(-c2ccccc2)c(C)c1NC(=O)N1CCOCC1. The van der Waals surface area contributed by atoms with Crippen molar-refractivity contribution in [1.29, 1.82) is 0 Å². The van der Waals surface area contributed by atoms with Gasteiger partial charge in [0.05, 0.1) is 36.0 Å². The molecule has 2 amide bonds. The quantitative estimate of drug-likeness (QED) is 0.926. The van der Waals surface area contributed by atoms with E-state index in [4.69, 9.17) is 4.74 Å². The van der Waals surface area contributed by atoms with Crippen molar-refractivity contribution in [1.82, 2.24) is 14.7 Å². The van der Waals surface area contributed by atoms with Gasteiger partial charge >= 0.3 is 6.03 Å². The van der Waals surface area contributed by atoms with E-state index < -0.39 is 0 Å². The van der Waals surface area contributed by atoms with Crippen molar-refractivity contribution in [3.63, 3.8) is 0 Å². The fourth-order valence-corrected chi connectivity index (χ4v) is 2.60. The number of nitrogens with one attached hydrogen (secondary N) is 1. The molecule has 1 saturated heterocycles. The number of hydrogen-bond acceptors (Lipinski definition) is 3. The number of hydrogen-bond donors (Lipinski definition) is 1. The van der Waals surface area contributed by atoms with Gasteiger partial charge in [-0.05, 0) is 26.0 Å². The van der Waals surface area contributed by atoms with Gasteiger partial charge in [-0.15, -0.1) is 0 Å². The molecule has 116 valence electrons. The molecule has 2 aromatic rings. The van der Waals surface area contributed by atoms with Crippen molar-refractivity contribution < 1.29 is 9.53 Å². The highest BCUT2D eigenvalue weighted by Gasteiger charge is 2.20. The van der Waals surface area contributed by atoms with Crippen molar-refractivity contribution in [2.45, 2.75) is 13.8 Å². The minimum absolute atomic E-state index is 0.0953. The number of aryl methyl sites for hydroxylation is 1. The van der Waals surface area contributed by atoms with Crippen molar-refractivity contribution in [2.24, 2.45) is 0 Å². The van der Waals surface area contributed by atoms with E-state index in [0.29, 0.717) is 26.3 Å². The Bertz CT molecular complexity index is 660. The fourth-order valence-electron chi connectivity index (χ4n) is 2.60. The first-order valence-corrected chi connectivity index (χ1v) is 7.42. The van der Waals surface area contributed by atoms with Crippen LogP contribution in [-0.2, 0) is 4.74 Å². The van der Waals surface area contributed by atoms with Gasteiger partial charge in [0.25, 0.3) is 0 Å². The molecule has 1 N–H and O–H groups in total. The van der Waals surface area contributed by atoms with Crippen LogP contribution in [0.1, 0.15) is 11.4 Å². The molecule has 0 atom stereocenters. The highest BCUT2D eigenvalue weighted by atomic mass is 16.5. The fraction of sp³-hybridized carbons (Fsp3) is 0.375. The van der Waals surface area contributed by atoms with Crippen LogP contribution in [0, 0.1) is 13.8 Å². The molecule has 0 spiro atoms. The summed E-state index contributed by atoms with van der Waals surface area (Å²) in [6.45, 7) is 6.29. The number of carbonyl (C=O) groups excluding carboxylic acids is 1. The number of amides is 2. The predicted octanol–water partition coefficient (Wildman–Crippen LogP) is 2.35. The highest BCUT2D eigenvalue weighted by Crippen LogP contribution is 2.23. The van der Waals surface area contributed by atoms with Crippen LogP contribution in [-0.4, -0.2) is 47.0 Å². The number of morpholine rings is 1. The van der Waals surface area contributed by atoms with Crippen LogP contribution >= 0.6 is 0 Å². The van der Waals surface area contributed by atoms with E-state index in [2.05, 4.69) is 10.4 Å². The normalized spacial score (nSPS) is 14.9. The Morgan fingerprint density at radius 2 is 1.86 bits per heavy atom. The van der Waals surface area contributed by atoms with E-state index >= 15 is 0 Å². The van der Waals surface area contributed by atoms with Gasteiger partial charge in [0, 0.05) is 13.1 Å². The maximum absolute atomic E-state index is 12.3. The van der Waals surface area contributed by atoms with Crippen LogP contribution in [0.15, 0.2) is 30.3 Å². The van der Waals surface area contributed by atoms with Crippen molar-refractivity contribution >= 4 is 11.7 Å². The molecule has 1 aliphatic rings. The monoisotopic (exact) mass is 300 g/mol. The Labute approximate surface area is 129 Å². The minimum atomic E-state index is -0.0953. The largest absolute Gasteiger partial charge is 0.378 e. The van der Waals surface area contributed by atoms with Crippen LogP contribution in [0.3, 0.4) is 0 Å². The molecule has 0 saturated carbocycles. The third-order valence-electron chi connectivity index (χ3n) is 3.82. The number of anilines is 1. The van der Waals surface area contributed by atoms with Crippen LogP contribution in [0.25, 0.3) is 5.69 Å². The molecular weight excluding hydrogens is 280 g/mol. The molecule has 0 radical (unpaired) electrons. The van der Waals surface area contributed by atoms with Crippen LogP contribution < -0.4 is 5.32 Å². The first-order chi connectivity index (χ1) is 10.7. The number of ether oxygens (including phenoxy) is 1. The van der Waals surface area contributed by atoms with Crippen LogP contribution in [0.2, 0.25) is 0 Å². The smallest absolute Gasteiger partial charge is 0.322 e. The van der Waals surface area contributed by atoms with Gasteiger partial charge in [0.15, 0.2) is 0 Å². The van der Waals surface area contributed by atoms with E-state index in [-0.39, 0.29) is 6.03 Å². The summed E-state index contributed by atoms with van der Waals surface area (Å²) in [7, 11) is 0. The summed E-state index contributed by atoms with van der Waals surface area (Å²) in [6.07, 6.45) is 0. The van der Waals surface area contributed by atoms with Gasteiger partial charge < -0.3 is 15.0 Å². The third-order valence-corrected chi connectivity index (χ3v) is 3.82. The van der Waals surface area contributed by atoms with E-state index in [9.17, 15) is 4.79 Å². The number of rotatable bonds is 2. The number of carbonyl (C=O) groups is 1. The molecule has 1 fully saturated rings. The van der Waals surface area contributed by atoms with Crippen LogP contribution in [0.4, 0.5) is 10.5 Å². The summed E-state index contributed by atoms with van der Waals surface area (Å²) in [5, 5.41) is 7.52. The molecule has 1 aromatic carbocycles. The number of aromatic nitrogens is 2. The zero-order chi connectivity index (χ0) is 15.5. The first kappa shape index (κ1) is 14.6. The maximum atomic E-state index is 12.3. The summed E-state index contributed by atoms with van der Waals surface area (Å²) < 4.78 is 7.12. The average molecular weight is 300 g/mol. The van der Waals surface area contributed by atoms with E-state index in [0.717, 1.165) is 22.8 Å². The number of para-hydroxylation sites is 1. The Kier molecular flexibility index (Phi) is 4.11. The Balaban J connectivity index is 1.82. The summed E-state index contributed by atoms with van der Waals surface area (Å²) in [6, 6.07) is 9.80. The van der Waals surface area contributed by atoms with Gasteiger partial charge in [0.2, 0.25) is 0 Å². The van der Waals surface area contributed by atoms with Crippen LogP contribution in [0.5, 0.6) is 0 Å². The van der Waals surface area contributed by atoms with Gasteiger partial charge in [-0.25, -0.2) is 9.48 Å². The summed E-state index contributed by atoms with van der Waals surface area (Å²) >= 11 is 0. The van der Waals surface area contributed by atoms with Gasteiger partial charge in [0.1, 0.15) is 0 Å². The van der Waals surface area contributed by atoms with Crippen molar-refractivity contribution in [2.75, 3.05) is 31.6 Å². The zero-order valence-electron chi connectivity index (χ0n) is 12.9. The van der Waals surface area contributed by atoms with Crippen molar-refractivity contribution in [3.8, 4) is 5.69 Å². The molecular formula is C16H20N4O2. The molecule has 2 heterocycles. The molecule has 6 heteroatoms. The standard InChI is InChI=1S/C16H20N4O2/c1-12-15(17-16(21)19-8-10-22-11-9-19)13(2)20(18-12)14-6-4-3-5-7-14/h3-7H,8-11H2,1-2H3,(H,17,21). The van der Waals surface area contributed by atoms with Crippen molar-refractivity contribution in [3.05, 3.63) is 41.7 Å². The minimum Gasteiger partial charge on any atom is -0.378 e. The molecule has 0 bridgehead atoms.